The number of rotatable bonds is 9. The minimum Gasteiger partial charge on any atom is -0.493 e. The summed E-state index contributed by atoms with van der Waals surface area (Å²) in [5.74, 6) is 0.152. The number of imide groups is 1. The van der Waals surface area contributed by atoms with Gasteiger partial charge in [0.15, 0.2) is 11.5 Å². The summed E-state index contributed by atoms with van der Waals surface area (Å²) in [6.45, 7) is 8.45. The van der Waals surface area contributed by atoms with Gasteiger partial charge in [0.1, 0.15) is 11.6 Å². The van der Waals surface area contributed by atoms with Gasteiger partial charge in [-0.15, -0.1) is 0 Å². The van der Waals surface area contributed by atoms with Crippen molar-refractivity contribution in [2.45, 2.75) is 40.2 Å². The molecule has 0 saturated heterocycles. The summed E-state index contributed by atoms with van der Waals surface area (Å²) in [6, 6.07) is 7.26. The second kappa shape index (κ2) is 10.6. The Kier molecular flexibility index (Phi) is 8.19. The smallest absolute Gasteiger partial charge is 0.271 e. The molecule has 0 bridgehead atoms. The number of carbonyl (C=O) groups excluding carboxylic acids is 2. The third-order valence-electron chi connectivity index (χ3n) is 4.60. The second-order valence-electron chi connectivity index (χ2n) is 7.05. The van der Waals surface area contributed by atoms with Gasteiger partial charge < -0.3 is 14.2 Å². The highest BCUT2D eigenvalue weighted by Gasteiger charge is 2.35. The Hall–Kier alpha value is -3.11. The molecule has 1 aromatic carbocycles. The van der Waals surface area contributed by atoms with Crippen LogP contribution in [0.2, 0.25) is 0 Å². The predicted octanol–water partition coefficient (Wildman–Crippen LogP) is 3.50. The molecular formula is C23H28N2O5. The van der Waals surface area contributed by atoms with Crippen molar-refractivity contribution in [1.82, 2.24) is 4.90 Å². The van der Waals surface area contributed by atoms with E-state index in [0.29, 0.717) is 47.8 Å². The van der Waals surface area contributed by atoms with Gasteiger partial charge in [-0.3, -0.25) is 14.5 Å². The largest absolute Gasteiger partial charge is 0.493 e. The normalized spacial score (nSPS) is 15.8. The van der Waals surface area contributed by atoms with E-state index in [0.717, 1.165) is 4.90 Å². The van der Waals surface area contributed by atoms with Crippen molar-refractivity contribution in [3.8, 4) is 17.6 Å². The Morgan fingerprint density at radius 2 is 1.93 bits per heavy atom. The first-order chi connectivity index (χ1) is 14.3. The molecule has 1 aromatic rings. The molecule has 7 nitrogen and oxygen atoms in total. The number of ether oxygens (including phenoxy) is 3. The molecule has 7 heteroatoms. The predicted molar refractivity (Wildman–Crippen MR) is 113 cm³/mol. The molecule has 1 heterocycles. The van der Waals surface area contributed by atoms with Gasteiger partial charge in [0.2, 0.25) is 0 Å². The standard InChI is InChI=1S/C23H28N2O5/c1-6-29-20-9-8-17(13-21(20)28-5)12-18-16(4)19(14-24)23(27)25(22(18)26)10-7-11-30-15(2)3/h8-9,12-13,15H,6-7,10-11H2,1-5H3/b18-12+. The highest BCUT2D eigenvalue weighted by Crippen LogP contribution is 2.31. The lowest BCUT2D eigenvalue weighted by Crippen LogP contribution is -2.43. The molecule has 0 atom stereocenters. The molecule has 2 amide bonds. The molecule has 0 radical (unpaired) electrons. The third kappa shape index (κ3) is 5.28. The van der Waals surface area contributed by atoms with Crippen molar-refractivity contribution >= 4 is 17.9 Å². The Labute approximate surface area is 177 Å². The Morgan fingerprint density at radius 1 is 1.20 bits per heavy atom. The van der Waals surface area contributed by atoms with Gasteiger partial charge in [0, 0.05) is 18.7 Å². The fourth-order valence-corrected chi connectivity index (χ4v) is 3.09. The van der Waals surface area contributed by atoms with Crippen LogP contribution in [0.3, 0.4) is 0 Å². The van der Waals surface area contributed by atoms with Gasteiger partial charge >= 0.3 is 0 Å². The number of carbonyl (C=O) groups is 2. The molecule has 0 aliphatic carbocycles. The minimum atomic E-state index is -0.564. The Morgan fingerprint density at radius 3 is 2.53 bits per heavy atom. The van der Waals surface area contributed by atoms with Crippen molar-refractivity contribution in [3.05, 3.63) is 40.5 Å². The highest BCUT2D eigenvalue weighted by molar-refractivity contribution is 6.19. The molecule has 1 aliphatic heterocycles. The third-order valence-corrected chi connectivity index (χ3v) is 4.60. The average Bonchev–Trinajstić information content (AvgIpc) is 2.71. The highest BCUT2D eigenvalue weighted by atomic mass is 16.5. The molecule has 0 fully saturated rings. The van der Waals surface area contributed by atoms with Crippen LogP contribution in [0.15, 0.2) is 34.9 Å². The van der Waals surface area contributed by atoms with Crippen molar-refractivity contribution in [3.63, 3.8) is 0 Å². The number of hydrogen-bond donors (Lipinski definition) is 0. The van der Waals surface area contributed by atoms with Crippen LogP contribution in [0, 0.1) is 11.3 Å². The summed E-state index contributed by atoms with van der Waals surface area (Å²) in [5, 5.41) is 9.49. The van der Waals surface area contributed by atoms with E-state index in [-0.39, 0.29) is 18.2 Å². The molecule has 0 unspecified atom stereocenters. The first-order valence-electron chi connectivity index (χ1n) is 9.95. The number of amides is 2. The van der Waals surface area contributed by atoms with Gasteiger partial charge in [-0.25, -0.2) is 0 Å². The van der Waals surface area contributed by atoms with Crippen molar-refractivity contribution < 1.29 is 23.8 Å². The lowest BCUT2D eigenvalue weighted by atomic mass is 9.93. The molecule has 0 N–H and O–H groups in total. The van der Waals surface area contributed by atoms with E-state index in [4.69, 9.17) is 14.2 Å². The van der Waals surface area contributed by atoms with Crippen molar-refractivity contribution in [1.29, 1.82) is 5.26 Å². The fraction of sp³-hybridized carbons (Fsp3) is 0.435. The van der Waals surface area contributed by atoms with Crippen LogP contribution >= 0.6 is 0 Å². The average molecular weight is 412 g/mol. The van der Waals surface area contributed by atoms with Crippen LogP contribution in [-0.2, 0) is 14.3 Å². The number of hydrogen-bond acceptors (Lipinski definition) is 6. The van der Waals surface area contributed by atoms with Crippen molar-refractivity contribution in [2.75, 3.05) is 26.9 Å². The van der Waals surface area contributed by atoms with Gasteiger partial charge in [-0.05, 0) is 63.5 Å². The first kappa shape index (κ1) is 23.2. The second-order valence-corrected chi connectivity index (χ2v) is 7.05. The number of benzene rings is 1. The minimum absolute atomic E-state index is 0.0245. The molecule has 0 saturated carbocycles. The lowest BCUT2D eigenvalue weighted by Gasteiger charge is -2.27. The van der Waals surface area contributed by atoms with Gasteiger partial charge in [-0.1, -0.05) is 6.07 Å². The molecule has 160 valence electrons. The first-order valence-corrected chi connectivity index (χ1v) is 9.95. The molecule has 0 aromatic heterocycles. The summed E-state index contributed by atoms with van der Waals surface area (Å²) in [7, 11) is 1.54. The summed E-state index contributed by atoms with van der Waals surface area (Å²) in [6.07, 6.45) is 2.23. The van der Waals surface area contributed by atoms with Crippen LogP contribution in [0.4, 0.5) is 0 Å². The summed E-state index contributed by atoms with van der Waals surface area (Å²) >= 11 is 0. The van der Waals surface area contributed by atoms with E-state index in [9.17, 15) is 14.9 Å². The van der Waals surface area contributed by atoms with Crippen molar-refractivity contribution in [2.24, 2.45) is 0 Å². The van der Waals surface area contributed by atoms with Gasteiger partial charge in [-0.2, -0.15) is 5.26 Å². The zero-order valence-corrected chi connectivity index (χ0v) is 18.2. The van der Waals surface area contributed by atoms with Crippen LogP contribution in [0.5, 0.6) is 11.5 Å². The topological polar surface area (TPSA) is 88.9 Å². The Bertz CT molecular complexity index is 909. The van der Waals surface area contributed by atoms with Crippen LogP contribution < -0.4 is 9.47 Å². The maximum atomic E-state index is 13.1. The van der Waals surface area contributed by atoms with E-state index in [1.807, 2.05) is 26.8 Å². The van der Waals surface area contributed by atoms with E-state index in [1.165, 1.54) is 0 Å². The van der Waals surface area contributed by atoms with Crippen LogP contribution in [-0.4, -0.2) is 49.7 Å². The number of nitrogens with zero attached hydrogens (tertiary/aromatic N) is 2. The SMILES string of the molecule is CCOc1ccc(/C=C2/C(=O)N(CCCOC(C)C)C(=O)C(C#N)=C2C)cc1OC. The van der Waals surface area contributed by atoms with E-state index >= 15 is 0 Å². The number of nitriles is 1. The zero-order valence-electron chi connectivity index (χ0n) is 18.2. The molecule has 2 rings (SSSR count). The zero-order chi connectivity index (χ0) is 22.3. The fourth-order valence-electron chi connectivity index (χ4n) is 3.09. The summed E-state index contributed by atoms with van der Waals surface area (Å²) < 4.78 is 16.4. The lowest BCUT2D eigenvalue weighted by molar-refractivity contribution is -0.140. The monoisotopic (exact) mass is 412 g/mol. The van der Waals surface area contributed by atoms with E-state index in [1.54, 1.807) is 38.3 Å². The summed E-state index contributed by atoms with van der Waals surface area (Å²) in [5.41, 5.74) is 1.36. The maximum absolute atomic E-state index is 13.1. The molecule has 0 spiro atoms. The molecule has 30 heavy (non-hydrogen) atoms. The van der Waals surface area contributed by atoms with Crippen LogP contribution in [0.25, 0.3) is 6.08 Å². The van der Waals surface area contributed by atoms with Gasteiger partial charge in [0.05, 0.1) is 19.8 Å². The maximum Gasteiger partial charge on any atom is 0.271 e. The molecule has 1 aliphatic rings. The van der Waals surface area contributed by atoms with E-state index < -0.39 is 11.8 Å². The quantitative estimate of drug-likeness (QED) is 0.350. The van der Waals surface area contributed by atoms with Gasteiger partial charge in [0.25, 0.3) is 11.8 Å². The van der Waals surface area contributed by atoms with Crippen LogP contribution in [0.1, 0.15) is 39.7 Å². The Balaban J connectivity index is 2.37. The number of methoxy groups -OCH3 is 1. The molecular weight excluding hydrogens is 384 g/mol. The van der Waals surface area contributed by atoms with E-state index in [2.05, 4.69) is 0 Å². The summed E-state index contributed by atoms with van der Waals surface area (Å²) in [4.78, 5) is 26.8.